The predicted molar refractivity (Wildman–Crippen MR) is 81.4 cm³/mol. The maximum absolute atomic E-state index is 12.2. The van der Waals surface area contributed by atoms with Gasteiger partial charge in [0, 0.05) is 25.2 Å². The molecular weight excluding hydrogens is 276 g/mol. The Morgan fingerprint density at radius 3 is 2.80 bits per heavy atom. The van der Waals surface area contributed by atoms with E-state index in [0.29, 0.717) is 16.5 Å². The Hall–Kier alpha value is -1.33. The molecule has 1 aromatic rings. The standard InChI is InChI=1S/C14H21ClN4O/c1-10(9-19-5-3-4-6-19)17-14(20)11-7-12(15)18-13(8-11)16-2/h7-8,10H,3-6,9H2,1-2H3,(H,16,18)(H,17,20). The zero-order valence-electron chi connectivity index (χ0n) is 11.9. The van der Waals surface area contributed by atoms with Crippen LogP contribution in [-0.4, -0.2) is 48.5 Å². The molecule has 1 aliphatic rings. The maximum atomic E-state index is 12.2. The van der Waals surface area contributed by atoms with Crippen LogP contribution in [0.3, 0.4) is 0 Å². The first kappa shape index (κ1) is 15.1. The molecule has 6 heteroatoms. The van der Waals surface area contributed by atoms with Gasteiger partial charge in [0.25, 0.3) is 5.91 Å². The van der Waals surface area contributed by atoms with Gasteiger partial charge in [-0.05, 0) is 45.0 Å². The summed E-state index contributed by atoms with van der Waals surface area (Å²) in [6.45, 7) is 5.18. The Balaban J connectivity index is 1.94. The van der Waals surface area contributed by atoms with Crippen molar-refractivity contribution in [3.8, 4) is 0 Å². The van der Waals surface area contributed by atoms with Crippen molar-refractivity contribution in [3.63, 3.8) is 0 Å². The molecule has 1 aromatic heterocycles. The smallest absolute Gasteiger partial charge is 0.251 e. The highest BCUT2D eigenvalue weighted by atomic mass is 35.5. The number of hydrogen-bond acceptors (Lipinski definition) is 4. The molecular formula is C14H21ClN4O. The van der Waals surface area contributed by atoms with Crippen molar-refractivity contribution in [2.75, 3.05) is 32.0 Å². The van der Waals surface area contributed by atoms with Crippen molar-refractivity contribution in [1.82, 2.24) is 15.2 Å². The van der Waals surface area contributed by atoms with Crippen molar-refractivity contribution in [1.29, 1.82) is 0 Å². The summed E-state index contributed by atoms with van der Waals surface area (Å²) in [5.41, 5.74) is 0.530. The van der Waals surface area contributed by atoms with E-state index in [4.69, 9.17) is 11.6 Å². The van der Waals surface area contributed by atoms with Gasteiger partial charge in [0.05, 0.1) is 0 Å². The van der Waals surface area contributed by atoms with E-state index < -0.39 is 0 Å². The molecule has 0 aromatic carbocycles. The minimum Gasteiger partial charge on any atom is -0.373 e. The number of anilines is 1. The van der Waals surface area contributed by atoms with E-state index in [1.165, 1.54) is 12.8 Å². The van der Waals surface area contributed by atoms with Crippen LogP contribution in [0.1, 0.15) is 30.1 Å². The van der Waals surface area contributed by atoms with Gasteiger partial charge in [-0.3, -0.25) is 4.79 Å². The Kier molecular flexibility index (Phi) is 5.20. The summed E-state index contributed by atoms with van der Waals surface area (Å²) in [6, 6.07) is 3.40. The minimum absolute atomic E-state index is 0.113. The second-order valence-electron chi connectivity index (χ2n) is 5.20. The second-order valence-corrected chi connectivity index (χ2v) is 5.58. The van der Waals surface area contributed by atoms with E-state index in [2.05, 4.69) is 20.5 Å². The van der Waals surface area contributed by atoms with Gasteiger partial charge >= 0.3 is 0 Å². The lowest BCUT2D eigenvalue weighted by Crippen LogP contribution is -2.41. The Morgan fingerprint density at radius 1 is 1.45 bits per heavy atom. The van der Waals surface area contributed by atoms with E-state index in [-0.39, 0.29) is 11.9 Å². The van der Waals surface area contributed by atoms with Gasteiger partial charge in [0.2, 0.25) is 0 Å². The third-order valence-electron chi connectivity index (χ3n) is 3.42. The normalized spacial score (nSPS) is 16.9. The van der Waals surface area contributed by atoms with Gasteiger partial charge in [-0.2, -0.15) is 0 Å². The number of aromatic nitrogens is 1. The highest BCUT2D eigenvalue weighted by molar-refractivity contribution is 6.29. The molecule has 110 valence electrons. The van der Waals surface area contributed by atoms with Crippen LogP contribution in [0.2, 0.25) is 5.15 Å². The fourth-order valence-electron chi connectivity index (χ4n) is 2.46. The first-order valence-corrected chi connectivity index (χ1v) is 7.35. The van der Waals surface area contributed by atoms with Gasteiger partial charge in [-0.15, -0.1) is 0 Å². The van der Waals surface area contributed by atoms with Crippen LogP contribution in [0.15, 0.2) is 12.1 Å². The molecule has 1 amide bonds. The van der Waals surface area contributed by atoms with E-state index in [1.54, 1.807) is 19.2 Å². The summed E-state index contributed by atoms with van der Waals surface area (Å²) in [6.07, 6.45) is 2.51. The van der Waals surface area contributed by atoms with E-state index >= 15 is 0 Å². The average Bonchev–Trinajstić information content (AvgIpc) is 2.90. The number of pyridine rings is 1. The first-order chi connectivity index (χ1) is 9.58. The quantitative estimate of drug-likeness (QED) is 0.816. The number of hydrogen-bond donors (Lipinski definition) is 2. The molecule has 1 unspecified atom stereocenters. The lowest BCUT2D eigenvalue weighted by molar-refractivity contribution is 0.0932. The SMILES string of the molecule is CNc1cc(C(=O)NC(C)CN2CCCC2)cc(Cl)n1. The van der Waals surface area contributed by atoms with Crippen LogP contribution in [0.25, 0.3) is 0 Å². The summed E-state index contributed by atoms with van der Waals surface area (Å²) >= 11 is 5.91. The van der Waals surface area contributed by atoms with Crippen LogP contribution >= 0.6 is 11.6 Å². The number of carbonyl (C=O) groups is 1. The Morgan fingerprint density at radius 2 is 2.15 bits per heavy atom. The molecule has 0 bridgehead atoms. The number of rotatable bonds is 5. The van der Waals surface area contributed by atoms with E-state index in [9.17, 15) is 4.79 Å². The maximum Gasteiger partial charge on any atom is 0.251 e. The van der Waals surface area contributed by atoms with Crippen molar-refractivity contribution in [3.05, 3.63) is 22.8 Å². The van der Waals surface area contributed by atoms with Crippen LogP contribution in [0, 0.1) is 0 Å². The number of amides is 1. The monoisotopic (exact) mass is 296 g/mol. The molecule has 1 saturated heterocycles. The molecule has 0 radical (unpaired) electrons. The van der Waals surface area contributed by atoms with Crippen LogP contribution in [0.5, 0.6) is 0 Å². The van der Waals surface area contributed by atoms with Gasteiger partial charge in [-0.1, -0.05) is 11.6 Å². The van der Waals surface area contributed by atoms with Crippen molar-refractivity contribution in [2.45, 2.75) is 25.8 Å². The van der Waals surface area contributed by atoms with Crippen LogP contribution in [0.4, 0.5) is 5.82 Å². The minimum atomic E-state index is -0.113. The van der Waals surface area contributed by atoms with Crippen molar-refractivity contribution >= 4 is 23.3 Å². The summed E-state index contributed by atoms with van der Waals surface area (Å²) in [5, 5.41) is 6.21. The number of halogens is 1. The molecule has 5 nitrogen and oxygen atoms in total. The van der Waals surface area contributed by atoms with Crippen LogP contribution < -0.4 is 10.6 Å². The molecule has 1 atom stereocenters. The fraction of sp³-hybridized carbons (Fsp3) is 0.571. The summed E-state index contributed by atoms with van der Waals surface area (Å²) in [5.74, 6) is 0.479. The number of likely N-dealkylation sites (tertiary alicyclic amines) is 1. The third-order valence-corrected chi connectivity index (χ3v) is 3.61. The molecule has 0 aliphatic carbocycles. The molecule has 1 fully saturated rings. The molecule has 2 rings (SSSR count). The van der Waals surface area contributed by atoms with Crippen LogP contribution in [-0.2, 0) is 0 Å². The average molecular weight is 297 g/mol. The molecule has 1 aliphatic heterocycles. The van der Waals surface area contributed by atoms with E-state index in [0.717, 1.165) is 19.6 Å². The van der Waals surface area contributed by atoms with Gasteiger partial charge in [0.1, 0.15) is 11.0 Å². The summed E-state index contributed by atoms with van der Waals surface area (Å²) in [4.78, 5) is 18.6. The zero-order valence-corrected chi connectivity index (χ0v) is 12.7. The molecule has 0 saturated carbocycles. The van der Waals surface area contributed by atoms with Gasteiger partial charge in [0.15, 0.2) is 0 Å². The van der Waals surface area contributed by atoms with Crippen molar-refractivity contribution < 1.29 is 4.79 Å². The number of nitrogens with zero attached hydrogens (tertiary/aromatic N) is 2. The van der Waals surface area contributed by atoms with Gasteiger partial charge in [-0.25, -0.2) is 4.98 Å². The highest BCUT2D eigenvalue weighted by Gasteiger charge is 2.17. The lowest BCUT2D eigenvalue weighted by atomic mass is 10.2. The Labute approximate surface area is 124 Å². The van der Waals surface area contributed by atoms with E-state index in [1.807, 2.05) is 6.92 Å². The molecule has 20 heavy (non-hydrogen) atoms. The summed E-state index contributed by atoms with van der Waals surface area (Å²) < 4.78 is 0. The first-order valence-electron chi connectivity index (χ1n) is 6.97. The highest BCUT2D eigenvalue weighted by Crippen LogP contribution is 2.14. The van der Waals surface area contributed by atoms with Gasteiger partial charge < -0.3 is 15.5 Å². The van der Waals surface area contributed by atoms with Crippen molar-refractivity contribution in [2.24, 2.45) is 0 Å². The largest absolute Gasteiger partial charge is 0.373 e. The number of nitrogens with one attached hydrogen (secondary N) is 2. The lowest BCUT2D eigenvalue weighted by Gasteiger charge is -2.21. The molecule has 0 spiro atoms. The predicted octanol–water partition coefficient (Wildman–Crippen LogP) is 1.99. The third kappa shape index (κ3) is 4.08. The Bertz CT molecular complexity index is 474. The second kappa shape index (κ2) is 6.90. The number of carbonyl (C=O) groups excluding carboxylic acids is 1. The topological polar surface area (TPSA) is 57.3 Å². The molecule has 2 N–H and O–H groups in total. The zero-order chi connectivity index (χ0) is 14.5. The fourth-order valence-corrected chi connectivity index (χ4v) is 2.67. The molecule has 2 heterocycles. The summed E-state index contributed by atoms with van der Waals surface area (Å²) in [7, 11) is 1.75.